The molecule has 2 heterocycles. The van der Waals surface area contributed by atoms with Gasteiger partial charge in [0.1, 0.15) is 0 Å². The summed E-state index contributed by atoms with van der Waals surface area (Å²) in [6, 6.07) is 4.06. The Labute approximate surface area is 156 Å². The third-order valence-corrected chi connectivity index (χ3v) is 4.66. The van der Waals surface area contributed by atoms with Crippen LogP contribution in [0.5, 0.6) is 0 Å². The standard InChI is InChI=1S/C19H23F3N4O/c20-19(21,22)16-13-15(6-7-17(16)26-10-2-1-3-11-26)24-18(27)5-4-9-25-12-8-23-14-25/h6-8,12-14H,1-5,9-11H2,(H,24,27). The second-order valence-electron chi connectivity index (χ2n) is 6.73. The predicted molar refractivity (Wildman–Crippen MR) is 97.6 cm³/mol. The minimum Gasteiger partial charge on any atom is -0.371 e. The number of benzene rings is 1. The second-order valence-corrected chi connectivity index (χ2v) is 6.73. The normalized spacial score (nSPS) is 15.0. The molecule has 5 nitrogen and oxygen atoms in total. The van der Waals surface area contributed by atoms with Crippen LogP contribution in [0.4, 0.5) is 24.5 Å². The molecule has 8 heteroatoms. The summed E-state index contributed by atoms with van der Waals surface area (Å²) in [5.41, 5.74) is -0.323. The summed E-state index contributed by atoms with van der Waals surface area (Å²) < 4.78 is 42.4. The molecule has 1 aliphatic heterocycles. The summed E-state index contributed by atoms with van der Waals surface area (Å²) >= 11 is 0. The van der Waals surface area contributed by atoms with E-state index in [9.17, 15) is 18.0 Å². The number of amides is 1. The molecule has 0 spiro atoms. The number of imidazole rings is 1. The molecule has 1 aromatic carbocycles. The van der Waals surface area contributed by atoms with Crippen LogP contribution in [-0.4, -0.2) is 28.5 Å². The van der Waals surface area contributed by atoms with Crippen molar-refractivity contribution < 1.29 is 18.0 Å². The van der Waals surface area contributed by atoms with Gasteiger partial charge in [-0.1, -0.05) is 0 Å². The first-order chi connectivity index (χ1) is 12.9. The van der Waals surface area contributed by atoms with E-state index in [-0.39, 0.29) is 23.7 Å². The number of hydrogen-bond acceptors (Lipinski definition) is 3. The van der Waals surface area contributed by atoms with Crippen LogP contribution >= 0.6 is 0 Å². The Hall–Kier alpha value is -2.51. The van der Waals surface area contributed by atoms with E-state index >= 15 is 0 Å². The average Bonchev–Trinajstić information content (AvgIpc) is 3.15. The molecule has 0 aliphatic carbocycles. The first-order valence-corrected chi connectivity index (χ1v) is 9.15. The van der Waals surface area contributed by atoms with Crippen molar-refractivity contribution in [1.29, 1.82) is 0 Å². The van der Waals surface area contributed by atoms with Gasteiger partial charge in [-0.3, -0.25) is 4.79 Å². The lowest BCUT2D eigenvalue weighted by Gasteiger charge is -2.31. The Morgan fingerprint density at radius 2 is 1.96 bits per heavy atom. The molecular formula is C19H23F3N4O. The fraction of sp³-hybridized carbons (Fsp3) is 0.474. The fourth-order valence-corrected chi connectivity index (χ4v) is 3.32. The number of carbonyl (C=O) groups excluding carboxylic acids is 1. The highest BCUT2D eigenvalue weighted by Gasteiger charge is 2.35. The number of nitrogens with one attached hydrogen (secondary N) is 1. The van der Waals surface area contributed by atoms with Gasteiger partial charge in [-0.15, -0.1) is 0 Å². The molecule has 0 radical (unpaired) electrons. The van der Waals surface area contributed by atoms with Crippen LogP contribution in [0.2, 0.25) is 0 Å². The molecule has 1 N–H and O–H groups in total. The molecule has 0 saturated carbocycles. The van der Waals surface area contributed by atoms with Gasteiger partial charge >= 0.3 is 6.18 Å². The number of piperidine rings is 1. The molecule has 27 heavy (non-hydrogen) atoms. The van der Waals surface area contributed by atoms with E-state index in [4.69, 9.17) is 0 Å². The Morgan fingerprint density at radius 1 is 1.19 bits per heavy atom. The summed E-state index contributed by atoms with van der Waals surface area (Å²) in [7, 11) is 0. The Bertz CT molecular complexity index is 753. The number of nitrogens with zero attached hydrogens (tertiary/aromatic N) is 3. The molecule has 146 valence electrons. The van der Waals surface area contributed by atoms with E-state index in [1.807, 2.05) is 4.57 Å². The number of aryl methyl sites for hydroxylation is 1. The van der Waals surface area contributed by atoms with Crippen LogP contribution in [0.1, 0.15) is 37.7 Å². The maximum atomic E-state index is 13.5. The van der Waals surface area contributed by atoms with Crippen LogP contribution in [-0.2, 0) is 17.5 Å². The van der Waals surface area contributed by atoms with Gasteiger partial charge < -0.3 is 14.8 Å². The van der Waals surface area contributed by atoms with Gasteiger partial charge in [0.25, 0.3) is 0 Å². The van der Waals surface area contributed by atoms with Crippen molar-refractivity contribution in [2.75, 3.05) is 23.3 Å². The zero-order chi connectivity index (χ0) is 19.3. The molecule has 1 amide bonds. The van der Waals surface area contributed by atoms with Gasteiger partial charge in [0, 0.05) is 49.8 Å². The van der Waals surface area contributed by atoms with E-state index in [0.717, 1.165) is 25.3 Å². The maximum absolute atomic E-state index is 13.5. The van der Waals surface area contributed by atoms with Gasteiger partial charge in [0.2, 0.25) is 5.91 Å². The molecule has 2 aromatic rings. The second kappa shape index (κ2) is 8.45. The number of halogens is 3. The monoisotopic (exact) mass is 380 g/mol. The topological polar surface area (TPSA) is 50.2 Å². The third kappa shape index (κ3) is 5.24. The first-order valence-electron chi connectivity index (χ1n) is 9.15. The van der Waals surface area contributed by atoms with Crippen LogP contribution in [0.25, 0.3) is 0 Å². The summed E-state index contributed by atoms with van der Waals surface area (Å²) in [6.07, 6.45) is 4.30. The Kier molecular flexibility index (Phi) is 6.03. The number of alkyl halides is 3. The third-order valence-electron chi connectivity index (χ3n) is 4.66. The van der Waals surface area contributed by atoms with Crippen molar-refractivity contribution in [1.82, 2.24) is 9.55 Å². The van der Waals surface area contributed by atoms with Crippen molar-refractivity contribution in [2.45, 2.75) is 44.8 Å². The molecule has 3 rings (SSSR count). The van der Waals surface area contributed by atoms with Crippen molar-refractivity contribution in [3.05, 3.63) is 42.5 Å². The highest BCUT2D eigenvalue weighted by Crippen LogP contribution is 2.39. The Balaban J connectivity index is 1.65. The molecule has 1 saturated heterocycles. The fourth-order valence-electron chi connectivity index (χ4n) is 3.32. The number of anilines is 2. The van der Waals surface area contributed by atoms with E-state index in [1.165, 1.54) is 6.07 Å². The number of carbonyl (C=O) groups is 1. The van der Waals surface area contributed by atoms with Crippen LogP contribution in [0, 0.1) is 0 Å². The highest BCUT2D eigenvalue weighted by atomic mass is 19.4. The Morgan fingerprint density at radius 3 is 2.63 bits per heavy atom. The maximum Gasteiger partial charge on any atom is 0.418 e. The average molecular weight is 380 g/mol. The quantitative estimate of drug-likeness (QED) is 0.812. The van der Waals surface area contributed by atoms with E-state index in [0.29, 0.717) is 26.1 Å². The van der Waals surface area contributed by atoms with Gasteiger partial charge in [0.05, 0.1) is 11.9 Å². The minimum absolute atomic E-state index is 0.177. The summed E-state index contributed by atoms with van der Waals surface area (Å²) in [5.74, 6) is -0.297. The van der Waals surface area contributed by atoms with Crippen molar-refractivity contribution >= 4 is 17.3 Å². The van der Waals surface area contributed by atoms with Crippen LogP contribution in [0.3, 0.4) is 0 Å². The SMILES string of the molecule is O=C(CCCn1ccnc1)Nc1ccc(N2CCCCC2)c(C(F)(F)F)c1. The van der Waals surface area contributed by atoms with Crippen LogP contribution in [0.15, 0.2) is 36.9 Å². The first kappa shape index (κ1) is 19.3. The smallest absolute Gasteiger partial charge is 0.371 e. The zero-order valence-corrected chi connectivity index (χ0v) is 15.0. The van der Waals surface area contributed by atoms with Crippen molar-refractivity contribution in [3.63, 3.8) is 0 Å². The van der Waals surface area contributed by atoms with Crippen LogP contribution < -0.4 is 10.2 Å². The van der Waals surface area contributed by atoms with E-state index < -0.39 is 11.7 Å². The number of aromatic nitrogens is 2. The lowest BCUT2D eigenvalue weighted by molar-refractivity contribution is -0.137. The molecule has 0 atom stereocenters. The molecule has 0 bridgehead atoms. The minimum atomic E-state index is -4.46. The largest absolute Gasteiger partial charge is 0.418 e. The van der Waals surface area contributed by atoms with E-state index in [1.54, 1.807) is 29.7 Å². The van der Waals surface area contributed by atoms with Gasteiger partial charge in [0.15, 0.2) is 0 Å². The summed E-state index contributed by atoms with van der Waals surface area (Å²) in [4.78, 5) is 17.8. The predicted octanol–water partition coefficient (Wildman–Crippen LogP) is 4.31. The lowest BCUT2D eigenvalue weighted by atomic mass is 10.1. The van der Waals surface area contributed by atoms with Crippen molar-refractivity contribution in [2.24, 2.45) is 0 Å². The van der Waals surface area contributed by atoms with E-state index in [2.05, 4.69) is 10.3 Å². The summed E-state index contributed by atoms with van der Waals surface area (Å²) in [5, 5.41) is 2.58. The van der Waals surface area contributed by atoms with Gasteiger partial charge in [-0.05, 0) is 43.9 Å². The highest BCUT2D eigenvalue weighted by molar-refractivity contribution is 5.91. The van der Waals surface area contributed by atoms with Gasteiger partial charge in [-0.2, -0.15) is 13.2 Å². The number of rotatable bonds is 6. The van der Waals surface area contributed by atoms with Crippen molar-refractivity contribution in [3.8, 4) is 0 Å². The molecule has 0 unspecified atom stereocenters. The van der Waals surface area contributed by atoms with Gasteiger partial charge in [-0.25, -0.2) is 4.98 Å². The number of hydrogen-bond donors (Lipinski definition) is 1. The zero-order valence-electron chi connectivity index (χ0n) is 15.0. The summed E-state index contributed by atoms with van der Waals surface area (Å²) in [6.45, 7) is 1.89. The lowest BCUT2D eigenvalue weighted by Crippen LogP contribution is -2.31. The molecule has 1 aliphatic rings. The molecule has 1 aromatic heterocycles. The molecule has 1 fully saturated rings. The molecular weight excluding hydrogens is 357 g/mol.